The quantitative estimate of drug-likeness (QED) is 0.525. The average molecular weight is 399 g/mol. The number of rotatable bonds is 8. The van der Waals surface area contributed by atoms with Crippen LogP contribution in [-0.4, -0.2) is 51.8 Å². The minimum absolute atomic E-state index is 0.165. The zero-order chi connectivity index (χ0) is 20.6. The molecule has 2 aromatic rings. The molecule has 7 heteroatoms. The largest absolute Gasteiger partial charge is 0.497 e. The van der Waals surface area contributed by atoms with Crippen LogP contribution >= 0.6 is 0 Å². The van der Waals surface area contributed by atoms with E-state index in [1.807, 2.05) is 30.3 Å². The first-order valence-electron chi connectivity index (χ1n) is 9.81. The first-order valence-corrected chi connectivity index (χ1v) is 9.81. The molecule has 1 aliphatic heterocycles. The van der Waals surface area contributed by atoms with E-state index < -0.39 is 0 Å². The van der Waals surface area contributed by atoms with Crippen molar-refractivity contribution in [2.75, 3.05) is 46.3 Å². The Bertz CT molecular complexity index is 835. The third-order valence-corrected chi connectivity index (χ3v) is 5.15. The highest BCUT2D eigenvalue weighted by molar-refractivity contribution is 5.92. The smallest absolute Gasteiger partial charge is 0.193 e. The lowest BCUT2D eigenvalue weighted by Gasteiger charge is -2.27. The van der Waals surface area contributed by atoms with Gasteiger partial charge in [-0.25, -0.2) is 0 Å². The number of aliphatic imine (C=N–C) groups is 1. The summed E-state index contributed by atoms with van der Waals surface area (Å²) >= 11 is 0. The summed E-state index contributed by atoms with van der Waals surface area (Å²) in [4.78, 5) is 7.08. The number of nitrogens with one attached hydrogen (secondary N) is 1. The van der Waals surface area contributed by atoms with E-state index in [4.69, 9.17) is 19.9 Å². The first-order chi connectivity index (χ1) is 14.1. The van der Waals surface area contributed by atoms with Gasteiger partial charge in [0.25, 0.3) is 0 Å². The van der Waals surface area contributed by atoms with Gasteiger partial charge < -0.3 is 25.3 Å². The van der Waals surface area contributed by atoms with Crippen molar-refractivity contribution in [3.8, 4) is 17.2 Å². The van der Waals surface area contributed by atoms with Gasteiger partial charge in [0.1, 0.15) is 5.75 Å². The highest BCUT2D eigenvalue weighted by Gasteiger charge is 2.23. The van der Waals surface area contributed by atoms with E-state index in [2.05, 4.69) is 27.3 Å². The van der Waals surface area contributed by atoms with E-state index in [1.54, 1.807) is 21.3 Å². The second-order valence-electron chi connectivity index (χ2n) is 6.96. The van der Waals surface area contributed by atoms with Crippen LogP contribution in [0.4, 0.5) is 5.69 Å². The van der Waals surface area contributed by atoms with Gasteiger partial charge >= 0.3 is 0 Å². The van der Waals surface area contributed by atoms with E-state index >= 15 is 0 Å². The van der Waals surface area contributed by atoms with Crippen molar-refractivity contribution in [1.29, 1.82) is 0 Å². The number of hydrogen-bond acceptors (Lipinski definition) is 5. The molecule has 1 fully saturated rings. The fraction of sp³-hybridized carbons (Fsp3) is 0.409. The summed E-state index contributed by atoms with van der Waals surface area (Å²) in [5.74, 6) is 2.52. The molecule has 1 saturated heterocycles. The van der Waals surface area contributed by atoms with Gasteiger partial charge in [-0.3, -0.25) is 9.89 Å². The lowest BCUT2D eigenvalue weighted by molar-refractivity contribution is 0.251. The van der Waals surface area contributed by atoms with Crippen LogP contribution in [0.1, 0.15) is 24.4 Å². The summed E-state index contributed by atoms with van der Waals surface area (Å²) in [6.07, 6.45) is 2.42. The van der Waals surface area contributed by atoms with Gasteiger partial charge in [-0.15, -0.1) is 0 Å². The van der Waals surface area contributed by atoms with Crippen molar-refractivity contribution in [2.45, 2.75) is 18.9 Å². The molecule has 0 aromatic heterocycles. The van der Waals surface area contributed by atoms with Crippen LogP contribution in [0.3, 0.4) is 0 Å². The Morgan fingerprint density at radius 2 is 1.79 bits per heavy atom. The minimum Gasteiger partial charge on any atom is -0.497 e. The van der Waals surface area contributed by atoms with Crippen LogP contribution in [-0.2, 0) is 0 Å². The third-order valence-electron chi connectivity index (χ3n) is 5.15. The van der Waals surface area contributed by atoms with E-state index in [1.165, 1.54) is 18.4 Å². The zero-order valence-electron chi connectivity index (χ0n) is 17.4. The summed E-state index contributed by atoms with van der Waals surface area (Å²) in [6, 6.07) is 13.9. The van der Waals surface area contributed by atoms with Crippen molar-refractivity contribution in [2.24, 2.45) is 10.7 Å². The fourth-order valence-electron chi connectivity index (χ4n) is 3.62. The van der Waals surface area contributed by atoms with Crippen LogP contribution in [0.15, 0.2) is 47.5 Å². The van der Waals surface area contributed by atoms with Gasteiger partial charge in [0.2, 0.25) is 0 Å². The predicted molar refractivity (Wildman–Crippen MR) is 116 cm³/mol. The Labute approximate surface area is 172 Å². The Morgan fingerprint density at radius 1 is 1.03 bits per heavy atom. The standard InChI is InChI=1S/C22H30N4O3/c1-27-18-8-6-7-16(13-18)19(26-11-4-5-12-26)15-24-22(23)25-17-9-10-20(28-2)21(14-17)29-3/h6-10,13-14,19H,4-5,11-12,15H2,1-3H3,(H3,23,24,25). The Kier molecular flexibility index (Phi) is 7.19. The number of anilines is 1. The Balaban J connectivity index is 1.74. The monoisotopic (exact) mass is 398 g/mol. The van der Waals surface area contributed by atoms with Crippen molar-refractivity contribution in [3.63, 3.8) is 0 Å². The maximum absolute atomic E-state index is 6.17. The Hall–Kier alpha value is -2.93. The minimum atomic E-state index is 0.165. The highest BCUT2D eigenvalue weighted by Crippen LogP contribution is 2.30. The summed E-state index contributed by atoms with van der Waals surface area (Å²) in [5, 5.41) is 3.14. The number of ether oxygens (including phenoxy) is 3. The number of guanidine groups is 1. The summed E-state index contributed by atoms with van der Waals surface area (Å²) in [5.41, 5.74) is 8.16. The molecule has 7 nitrogen and oxygen atoms in total. The molecule has 2 aromatic carbocycles. The van der Waals surface area contributed by atoms with Gasteiger partial charge in [-0.1, -0.05) is 12.1 Å². The molecule has 29 heavy (non-hydrogen) atoms. The summed E-state index contributed by atoms with van der Waals surface area (Å²) in [6.45, 7) is 2.71. The average Bonchev–Trinajstić information content (AvgIpc) is 3.28. The van der Waals surface area contributed by atoms with Gasteiger partial charge in [-0.05, 0) is 55.8 Å². The van der Waals surface area contributed by atoms with Crippen LogP contribution < -0.4 is 25.3 Å². The molecule has 156 valence electrons. The molecule has 1 atom stereocenters. The lowest BCUT2D eigenvalue weighted by Crippen LogP contribution is -2.30. The van der Waals surface area contributed by atoms with Crippen LogP contribution in [0.5, 0.6) is 17.2 Å². The maximum Gasteiger partial charge on any atom is 0.193 e. The number of nitrogens with zero attached hydrogens (tertiary/aromatic N) is 2. The van der Waals surface area contributed by atoms with Gasteiger partial charge in [0, 0.05) is 11.8 Å². The van der Waals surface area contributed by atoms with E-state index in [9.17, 15) is 0 Å². The van der Waals surface area contributed by atoms with Gasteiger partial charge in [0.15, 0.2) is 17.5 Å². The van der Waals surface area contributed by atoms with Gasteiger partial charge in [0.05, 0.1) is 33.9 Å². The van der Waals surface area contributed by atoms with Crippen LogP contribution in [0, 0.1) is 0 Å². The predicted octanol–water partition coefficient (Wildman–Crippen LogP) is 3.28. The van der Waals surface area contributed by atoms with Gasteiger partial charge in [-0.2, -0.15) is 0 Å². The molecule has 0 saturated carbocycles. The van der Waals surface area contributed by atoms with E-state index in [0.717, 1.165) is 24.5 Å². The fourth-order valence-corrected chi connectivity index (χ4v) is 3.62. The number of methoxy groups -OCH3 is 3. The molecule has 0 aliphatic carbocycles. The topological polar surface area (TPSA) is 81.3 Å². The molecular weight excluding hydrogens is 368 g/mol. The number of likely N-dealkylation sites (tertiary alicyclic amines) is 1. The van der Waals surface area contributed by atoms with E-state index in [-0.39, 0.29) is 6.04 Å². The molecule has 0 bridgehead atoms. The number of hydrogen-bond donors (Lipinski definition) is 2. The molecule has 1 aliphatic rings. The number of nitrogens with two attached hydrogens (primary N) is 1. The molecule has 1 unspecified atom stereocenters. The van der Waals surface area contributed by atoms with Crippen molar-refractivity contribution in [3.05, 3.63) is 48.0 Å². The number of benzene rings is 2. The Morgan fingerprint density at radius 3 is 2.48 bits per heavy atom. The van der Waals surface area contributed by atoms with E-state index in [0.29, 0.717) is 24.0 Å². The van der Waals surface area contributed by atoms with Crippen molar-refractivity contribution < 1.29 is 14.2 Å². The van der Waals surface area contributed by atoms with Crippen molar-refractivity contribution in [1.82, 2.24) is 4.90 Å². The molecule has 3 rings (SSSR count). The molecule has 0 amide bonds. The summed E-state index contributed by atoms with van der Waals surface area (Å²) in [7, 11) is 4.90. The molecule has 1 heterocycles. The normalized spacial score (nSPS) is 15.8. The van der Waals surface area contributed by atoms with Crippen molar-refractivity contribution >= 4 is 11.6 Å². The first kappa shape index (κ1) is 20.8. The highest BCUT2D eigenvalue weighted by atomic mass is 16.5. The maximum atomic E-state index is 6.17. The van der Waals surface area contributed by atoms with Crippen LogP contribution in [0.25, 0.3) is 0 Å². The second kappa shape index (κ2) is 10.0. The third kappa shape index (κ3) is 5.32. The molecule has 0 radical (unpaired) electrons. The second-order valence-corrected chi connectivity index (χ2v) is 6.96. The zero-order valence-corrected chi connectivity index (χ0v) is 17.4. The van der Waals surface area contributed by atoms with Crippen LogP contribution in [0.2, 0.25) is 0 Å². The summed E-state index contributed by atoms with van der Waals surface area (Å²) < 4.78 is 16.0. The lowest BCUT2D eigenvalue weighted by atomic mass is 10.1. The molecule has 0 spiro atoms. The molecule has 3 N–H and O–H groups in total. The SMILES string of the molecule is COc1cccc(C(CN=C(N)Nc2ccc(OC)c(OC)c2)N2CCCC2)c1. The molecular formula is C22H30N4O3.